The molecule has 1 saturated heterocycles. The van der Waals surface area contributed by atoms with Crippen LogP contribution < -0.4 is 10.1 Å². The zero-order valence-electron chi connectivity index (χ0n) is 17.7. The number of hydrogen-bond donors (Lipinski definition) is 1. The van der Waals surface area contributed by atoms with E-state index in [0.29, 0.717) is 6.61 Å². The van der Waals surface area contributed by atoms with Crippen LogP contribution in [0.5, 0.6) is 5.75 Å². The summed E-state index contributed by atoms with van der Waals surface area (Å²) in [5.74, 6) is 0.747. The van der Waals surface area contributed by atoms with E-state index in [-0.39, 0.29) is 12.3 Å². The van der Waals surface area contributed by atoms with Crippen LogP contribution in [0.1, 0.15) is 21.8 Å². The average molecular weight is 438 g/mol. The Morgan fingerprint density at radius 1 is 1.19 bits per heavy atom. The van der Waals surface area contributed by atoms with Crippen molar-refractivity contribution in [2.45, 2.75) is 26.5 Å². The van der Waals surface area contributed by atoms with Crippen molar-refractivity contribution in [1.82, 2.24) is 9.88 Å². The van der Waals surface area contributed by atoms with Crippen LogP contribution in [0.15, 0.2) is 53.9 Å². The molecule has 0 saturated carbocycles. The highest BCUT2D eigenvalue weighted by atomic mass is 32.1. The topological polar surface area (TPSA) is 63.7 Å². The number of morpholine rings is 1. The minimum absolute atomic E-state index is 0.0696. The molecule has 1 aromatic heterocycles. The first-order chi connectivity index (χ1) is 15.1. The van der Waals surface area contributed by atoms with Crippen molar-refractivity contribution in [1.29, 1.82) is 0 Å². The molecule has 1 amide bonds. The largest absolute Gasteiger partial charge is 0.486 e. The lowest BCUT2D eigenvalue weighted by Gasteiger charge is -2.26. The molecule has 1 N–H and O–H groups in total. The molecule has 4 rings (SSSR count). The SMILES string of the molecule is Cc1ccc(OCc2nc(CC(=O)Nc3cccc(CN4CCOCC4)c3)cs2)cc1. The number of hydrogen-bond acceptors (Lipinski definition) is 6. The van der Waals surface area contributed by atoms with Gasteiger partial charge in [-0.3, -0.25) is 9.69 Å². The van der Waals surface area contributed by atoms with Gasteiger partial charge in [-0.1, -0.05) is 29.8 Å². The molecule has 0 bridgehead atoms. The summed E-state index contributed by atoms with van der Waals surface area (Å²) in [6.45, 7) is 6.75. The van der Waals surface area contributed by atoms with Crippen LogP contribution in [0.25, 0.3) is 0 Å². The van der Waals surface area contributed by atoms with Crippen molar-refractivity contribution in [3.63, 3.8) is 0 Å². The fraction of sp³-hybridized carbons (Fsp3) is 0.333. The molecular formula is C24H27N3O3S. The smallest absolute Gasteiger partial charge is 0.230 e. The number of nitrogens with zero attached hydrogens (tertiary/aromatic N) is 2. The third kappa shape index (κ3) is 6.62. The summed E-state index contributed by atoms with van der Waals surface area (Å²) in [5.41, 5.74) is 3.95. The zero-order chi connectivity index (χ0) is 21.5. The molecule has 0 aliphatic carbocycles. The van der Waals surface area contributed by atoms with Crippen LogP contribution in [0.2, 0.25) is 0 Å². The summed E-state index contributed by atoms with van der Waals surface area (Å²) in [7, 11) is 0. The van der Waals surface area contributed by atoms with Gasteiger partial charge in [-0.15, -0.1) is 11.3 Å². The van der Waals surface area contributed by atoms with Crippen molar-refractivity contribution in [3.8, 4) is 5.75 Å². The number of rotatable bonds is 8. The maximum Gasteiger partial charge on any atom is 0.230 e. The van der Waals surface area contributed by atoms with E-state index in [9.17, 15) is 4.79 Å². The summed E-state index contributed by atoms with van der Waals surface area (Å²) in [4.78, 5) is 19.4. The minimum Gasteiger partial charge on any atom is -0.486 e. The van der Waals surface area contributed by atoms with Crippen LogP contribution in [0.4, 0.5) is 5.69 Å². The Hall–Kier alpha value is -2.74. The minimum atomic E-state index is -0.0696. The Labute approximate surface area is 186 Å². The molecule has 0 spiro atoms. The summed E-state index contributed by atoms with van der Waals surface area (Å²) >= 11 is 1.51. The zero-order valence-corrected chi connectivity index (χ0v) is 18.5. The van der Waals surface area contributed by atoms with E-state index >= 15 is 0 Å². The highest BCUT2D eigenvalue weighted by Crippen LogP contribution is 2.18. The highest BCUT2D eigenvalue weighted by molar-refractivity contribution is 7.09. The van der Waals surface area contributed by atoms with Crippen LogP contribution >= 0.6 is 11.3 Å². The highest BCUT2D eigenvalue weighted by Gasteiger charge is 2.12. The predicted molar refractivity (Wildman–Crippen MR) is 122 cm³/mol. The Balaban J connectivity index is 1.27. The molecule has 0 atom stereocenters. The quantitative estimate of drug-likeness (QED) is 0.576. The molecule has 0 unspecified atom stereocenters. The van der Waals surface area contributed by atoms with Gasteiger partial charge in [0.15, 0.2) is 0 Å². The van der Waals surface area contributed by atoms with Crippen molar-refractivity contribution in [3.05, 3.63) is 75.7 Å². The number of amides is 1. The first-order valence-corrected chi connectivity index (χ1v) is 11.3. The second kappa shape index (κ2) is 10.5. The van der Waals surface area contributed by atoms with Crippen LogP contribution in [0, 0.1) is 6.92 Å². The Morgan fingerprint density at radius 2 is 2.00 bits per heavy atom. The van der Waals surface area contributed by atoms with Crippen molar-refractivity contribution >= 4 is 22.9 Å². The number of benzene rings is 2. The molecule has 162 valence electrons. The van der Waals surface area contributed by atoms with E-state index in [1.165, 1.54) is 22.5 Å². The lowest BCUT2D eigenvalue weighted by Crippen LogP contribution is -2.35. The van der Waals surface area contributed by atoms with Crippen LogP contribution in [-0.2, 0) is 29.1 Å². The second-order valence-corrected chi connectivity index (χ2v) is 8.59. The average Bonchev–Trinajstić information content (AvgIpc) is 3.21. The molecule has 31 heavy (non-hydrogen) atoms. The Kier molecular flexibility index (Phi) is 7.30. The fourth-order valence-electron chi connectivity index (χ4n) is 3.41. The monoisotopic (exact) mass is 437 g/mol. The molecular weight excluding hydrogens is 410 g/mol. The van der Waals surface area contributed by atoms with Gasteiger partial charge in [0, 0.05) is 30.7 Å². The van der Waals surface area contributed by atoms with Gasteiger partial charge in [0.2, 0.25) is 5.91 Å². The normalized spacial score (nSPS) is 14.4. The van der Waals surface area contributed by atoms with E-state index in [4.69, 9.17) is 9.47 Å². The summed E-state index contributed by atoms with van der Waals surface area (Å²) < 4.78 is 11.2. The number of thiazole rings is 1. The van der Waals surface area contributed by atoms with Gasteiger partial charge in [-0.05, 0) is 36.8 Å². The molecule has 6 nitrogen and oxygen atoms in total. The molecule has 7 heteroatoms. The number of anilines is 1. The van der Waals surface area contributed by atoms with Gasteiger partial charge in [0.1, 0.15) is 17.4 Å². The third-order valence-electron chi connectivity index (χ3n) is 5.04. The van der Waals surface area contributed by atoms with E-state index in [1.54, 1.807) is 0 Å². The number of nitrogens with one attached hydrogen (secondary N) is 1. The van der Waals surface area contributed by atoms with Crippen molar-refractivity contribution in [2.75, 3.05) is 31.6 Å². The molecule has 2 aromatic carbocycles. The molecule has 1 fully saturated rings. The number of aromatic nitrogens is 1. The first kappa shape index (κ1) is 21.5. The third-order valence-corrected chi connectivity index (χ3v) is 5.92. The fourth-order valence-corrected chi connectivity index (χ4v) is 4.12. The lowest BCUT2D eigenvalue weighted by atomic mass is 10.1. The standard InChI is InChI=1S/C24H27N3O3S/c1-18-5-7-22(8-6-18)30-16-24-26-21(17-31-24)14-23(28)25-20-4-2-3-19(13-20)15-27-9-11-29-12-10-27/h2-8,13,17H,9-12,14-16H2,1H3,(H,25,28). The summed E-state index contributed by atoms with van der Waals surface area (Å²) in [6.07, 6.45) is 0.245. The van der Waals surface area contributed by atoms with E-state index in [0.717, 1.165) is 55.0 Å². The van der Waals surface area contributed by atoms with E-state index in [2.05, 4.69) is 21.3 Å². The van der Waals surface area contributed by atoms with Gasteiger partial charge < -0.3 is 14.8 Å². The maximum atomic E-state index is 12.5. The summed E-state index contributed by atoms with van der Waals surface area (Å²) in [6, 6.07) is 16.0. The van der Waals surface area contributed by atoms with Crippen LogP contribution in [0.3, 0.4) is 0 Å². The van der Waals surface area contributed by atoms with Gasteiger partial charge in [-0.25, -0.2) is 4.98 Å². The van der Waals surface area contributed by atoms with Crippen molar-refractivity contribution < 1.29 is 14.3 Å². The van der Waals surface area contributed by atoms with Gasteiger partial charge in [-0.2, -0.15) is 0 Å². The van der Waals surface area contributed by atoms with Gasteiger partial charge in [0.05, 0.1) is 25.3 Å². The van der Waals surface area contributed by atoms with Crippen LogP contribution in [-0.4, -0.2) is 42.1 Å². The Morgan fingerprint density at radius 3 is 2.81 bits per heavy atom. The van der Waals surface area contributed by atoms with E-state index < -0.39 is 0 Å². The van der Waals surface area contributed by atoms with Gasteiger partial charge >= 0.3 is 0 Å². The number of carbonyl (C=O) groups excluding carboxylic acids is 1. The second-order valence-electron chi connectivity index (χ2n) is 7.65. The molecule has 1 aliphatic heterocycles. The maximum absolute atomic E-state index is 12.5. The molecule has 1 aliphatic rings. The van der Waals surface area contributed by atoms with Gasteiger partial charge in [0.25, 0.3) is 0 Å². The number of aryl methyl sites for hydroxylation is 1. The number of carbonyl (C=O) groups is 1. The van der Waals surface area contributed by atoms with Crippen molar-refractivity contribution in [2.24, 2.45) is 0 Å². The molecule has 3 aromatic rings. The predicted octanol–water partition coefficient (Wildman–Crippen LogP) is 4.04. The van der Waals surface area contributed by atoms with E-state index in [1.807, 2.05) is 54.8 Å². The lowest BCUT2D eigenvalue weighted by molar-refractivity contribution is -0.115. The Bertz CT molecular complexity index is 997. The number of ether oxygens (including phenoxy) is 2. The summed E-state index contributed by atoms with van der Waals surface area (Å²) in [5, 5.41) is 5.77. The molecule has 0 radical (unpaired) electrons. The molecule has 2 heterocycles. The first-order valence-electron chi connectivity index (χ1n) is 10.5.